The Labute approximate surface area is 104 Å². The van der Waals surface area contributed by atoms with Gasteiger partial charge in [0.2, 0.25) is 0 Å². The van der Waals surface area contributed by atoms with Crippen molar-refractivity contribution in [3.05, 3.63) is 18.0 Å². The average Bonchev–Trinajstić information content (AvgIpc) is 2.75. The Balaban J connectivity index is 2.57. The third kappa shape index (κ3) is 4.48. The van der Waals surface area contributed by atoms with Crippen molar-refractivity contribution in [1.29, 1.82) is 0 Å². The molecule has 1 aromatic heterocycles. The van der Waals surface area contributed by atoms with Crippen LogP contribution < -0.4 is 5.32 Å². The van der Waals surface area contributed by atoms with Crippen LogP contribution in [0.4, 0.5) is 0 Å². The molecule has 0 aromatic carbocycles. The molecule has 0 aliphatic carbocycles. The lowest BCUT2D eigenvalue weighted by Gasteiger charge is -2.28. The van der Waals surface area contributed by atoms with E-state index < -0.39 is 0 Å². The van der Waals surface area contributed by atoms with E-state index in [0.29, 0.717) is 6.04 Å². The molecule has 0 fully saturated rings. The standard InChI is InChI=1S/C13H25N3O/c1-6-16-10-11(9-15-16)7-12(14-4)8-13(2,3)17-5/h9-10,12,14H,6-8H2,1-5H3. The van der Waals surface area contributed by atoms with E-state index in [2.05, 4.69) is 37.4 Å². The molecule has 0 saturated carbocycles. The van der Waals surface area contributed by atoms with Gasteiger partial charge in [-0.15, -0.1) is 0 Å². The Morgan fingerprint density at radius 2 is 2.24 bits per heavy atom. The molecule has 1 N–H and O–H groups in total. The van der Waals surface area contributed by atoms with Crippen molar-refractivity contribution in [2.75, 3.05) is 14.2 Å². The molecule has 0 spiro atoms. The van der Waals surface area contributed by atoms with E-state index >= 15 is 0 Å². The number of nitrogens with zero attached hydrogens (tertiary/aromatic N) is 2. The number of ether oxygens (including phenoxy) is 1. The molecule has 4 nitrogen and oxygen atoms in total. The van der Waals surface area contributed by atoms with E-state index in [1.807, 2.05) is 17.9 Å². The van der Waals surface area contributed by atoms with Gasteiger partial charge in [-0.3, -0.25) is 4.68 Å². The molecule has 4 heteroatoms. The van der Waals surface area contributed by atoms with Gasteiger partial charge < -0.3 is 10.1 Å². The van der Waals surface area contributed by atoms with Crippen LogP contribution in [0.3, 0.4) is 0 Å². The lowest BCUT2D eigenvalue weighted by Crippen LogP contribution is -2.37. The van der Waals surface area contributed by atoms with Gasteiger partial charge in [-0.1, -0.05) is 0 Å². The summed E-state index contributed by atoms with van der Waals surface area (Å²) in [6, 6.07) is 0.416. The zero-order valence-corrected chi connectivity index (χ0v) is 11.7. The normalized spacial score (nSPS) is 13.9. The Bertz CT molecular complexity index is 333. The Kier molecular flexibility index (Phi) is 5.15. The maximum atomic E-state index is 5.47. The molecule has 0 aliphatic rings. The van der Waals surface area contributed by atoms with Gasteiger partial charge in [0.15, 0.2) is 0 Å². The zero-order valence-electron chi connectivity index (χ0n) is 11.7. The number of rotatable bonds is 7. The maximum Gasteiger partial charge on any atom is 0.0637 e. The van der Waals surface area contributed by atoms with Gasteiger partial charge in [-0.05, 0) is 46.2 Å². The maximum absolute atomic E-state index is 5.47. The number of aromatic nitrogens is 2. The predicted octanol–water partition coefficient (Wildman–Crippen LogP) is 1.85. The quantitative estimate of drug-likeness (QED) is 0.789. The van der Waals surface area contributed by atoms with Crippen LogP contribution in [0.1, 0.15) is 32.8 Å². The molecule has 1 rings (SSSR count). The van der Waals surface area contributed by atoms with Crippen LogP contribution in [0.15, 0.2) is 12.4 Å². The summed E-state index contributed by atoms with van der Waals surface area (Å²) < 4.78 is 7.44. The second-order valence-corrected chi connectivity index (χ2v) is 5.06. The van der Waals surface area contributed by atoms with Crippen LogP contribution >= 0.6 is 0 Å². The highest BCUT2D eigenvalue weighted by atomic mass is 16.5. The van der Waals surface area contributed by atoms with Crippen molar-refractivity contribution in [3.63, 3.8) is 0 Å². The third-order valence-corrected chi connectivity index (χ3v) is 3.19. The average molecular weight is 239 g/mol. The minimum Gasteiger partial charge on any atom is -0.379 e. The number of hydrogen-bond acceptors (Lipinski definition) is 3. The van der Waals surface area contributed by atoms with Crippen molar-refractivity contribution in [2.45, 2.75) is 51.8 Å². The molecule has 0 radical (unpaired) electrons. The van der Waals surface area contributed by atoms with Crippen LogP contribution in [0.5, 0.6) is 0 Å². The van der Waals surface area contributed by atoms with Crippen LogP contribution in [0.2, 0.25) is 0 Å². The largest absolute Gasteiger partial charge is 0.379 e. The molecule has 0 bridgehead atoms. The topological polar surface area (TPSA) is 39.1 Å². The predicted molar refractivity (Wildman–Crippen MR) is 70.2 cm³/mol. The van der Waals surface area contributed by atoms with E-state index in [-0.39, 0.29) is 5.60 Å². The van der Waals surface area contributed by atoms with Crippen LogP contribution in [0, 0.1) is 0 Å². The Morgan fingerprint density at radius 3 is 2.71 bits per heavy atom. The van der Waals surface area contributed by atoms with Gasteiger partial charge >= 0.3 is 0 Å². The van der Waals surface area contributed by atoms with Crippen molar-refractivity contribution in [2.24, 2.45) is 0 Å². The minimum atomic E-state index is -0.0889. The molecule has 1 atom stereocenters. The number of hydrogen-bond donors (Lipinski definition) is 1. The van der Waals surface area contributed by atoms with Gasteiger partial charge in [0.05, 0.1) is 11.8 Å². The van der Waals surface area contributed by atoms with E-state index in [1.165, 1.54) is 5.56 Å². The van der Waals surface area contributed by atoms with E-state index in [9.17, 15) is 0 Å². The first-order valence-corrected chi connectivity index (χ1v) is 6.24. The van der Waals surface area contributed by atoms with Crippen molar-refractivity contribution < 1.29 is 4.74 Å². The molecule has 1 heterocycles. The first-order chi connectivity index (χ1) is 8.00. The molecular weight excluding hydrogens is 214 g/mol. The minimum absolute atomic E-state index is 0.0889. The van der Waals surface area contributed by atoms with Gasteiger partial charge in [0.1, 0.15) is 0 Å². The summed E-state index contributed by atoms with van der Waals surface area (Å²) in [4.78, 5) is 0. The number of methoxy groups -OCH3 is 1. The summed E-state index contributed by atoms with van der Waals surface area (Å²) in [6.07, 6.45) is 6.04. The molecule has 0 saturated heterocycles. The molecule has 98 valence electrons. The monoisotopic (exact) mass is 239 g/mol. The van der Waals surface area contributed by atoms with Crippen LogP contribution in [0.25, 0.3) is 0 Å². The van der Waals surface area contributed by atoms with Crippen molar-refractivity contribution >= 4 is 0 Å². The fraction of sp³-hybridized carbons (Fsp3) is 0.769. The van der Waals surface area contributed by atoms with Crippen molar-refractivity contribution in [3.8, 4) is 0 Å². The van der Waals surface area contributed by atoms with E-state index in [4.69, 9.17) is 4.74 Å². The van der Waals surface area contributed by atoms with Gasteiger partial charge in [-0.25, -0.2) is 0 Å². The van der Waals surface area contributed by atoms with E-state index in [0.717, 1.165) is 19.4 Å². The summed E-state index contributed by atoms with van der Waals surface area (Å²) in [5, 5.41) is 7.65. The number of likely N-dealkylation sites (N-methyl/N-ethyl adjacent to an activating group) is 1. The molecule has 1 unspecified atom stereocenters. The molecule has 17 heavy (non-hydrogen) atoms. The first kappa shape index (κ1) is 14.2. The summed E-state index contributed by atoms with van der Waals surface area (Å²) in [6.45, 7) is 7.26. The second kappa shape index (κ2) is 6.17. The molecule has 0 amide bonds. The molecular formula is C13H25N3O. The van der Waals surface area contributed by atoms with Crippen molar-refractivity contribution in [1.82, 2.24) is 15.1 Å². The SMILES string of the molecule is CCn1cc(CC(CC(C)(C)OC)NC)cn1. The smallest absolute Gasteiger partial charge is 0.0637 e. The highest BCUT2D eigenvalue weighted by molar-refractivity contribution is 5.06. The molecule has 1 aromatic rings. The summed E-state index contributed by atoms with van der Waals surface area (Å²) in [5.41, 5.74) is 1.19. The second-order valence-electron chi connectivity index (χ2n) is 5.06. The summed E-state index contributed by atoms with van der Waals surface area (Å²) >= 11 is 0. The van der Waals surface area contributed by atoms with E-state index in [1.54, 1.807) is 7.11 Å². The highest BCUT2D eigenvalue weighted by Gasteiger charge is 2.22. The third-order valence-electron chi connectivity index (χ3n) is 3.19. The molecule has 0 aliphatic heterocycles. The number of aryl methyl sites for hydroxylation is 1. The Hall–Kier alpha value is -0.870. The lowest BCUT2D eigenvalue weighted by atomic mass is 9.95. The first-order valence-electron chi connectivity index (χ1n) is 6.24. The van der Waals surface area contributed by atoms with Gasteiger partial charge in [0.25, 0.3) is 0 Å². The highest BCUT2D eigenvalue weighted by Crippen LogP contribution is 2.17. The Morgan fingerprint density at radius 1 is 1.53 bits per heavy atom. The summed E-state index contributed by atoms with van der Waals surface area (Å²) in [5.74, 6) is 0. The van der Waals surface area contributed by atoms with Gasteiger partial charge in [-0.2, -0.15) is 5.10 Å². The van der Waals surface area contributed by atoms with Crippen LogP contribution in [-0.4, -0.2) is 35.6 Å². The van der Waals surface area contributed by atoms with Gasteiger partial charge in [0, 0.05) is 25.9 Å². The summed E-state index contributed by atoms with van der Waals surface area (Å²) in [7, 11) is 3.77. The fourth-order valence-corrected chi connectivity index (χ4v) is 1.92. The number of nitrogens with one attached hydrogen (secondary N) is 1. The zero-order chi connectivity index (χ0) is 12.9. The van der Waals surface area contributed by atoms with Crippen LogP contribution in [-0.2, 0) is 17.7 Å². The fourth-order valence-electron chi connectivity index (χ4n) is 1.92. The lowest BCUT2D eigenvalue weighted by molar-refractivity contribution is 0.00772.